The van der Waals surface area contributed by atoms with Crippen molar-refractivity contribution in [2.75, 3.05) is 5.73 Å². The quantitative estimate of drug-likeness (QED) is 0.637. The Bertz CT molecular complexity index is 726. The van der Waals surface area contributed by atoms with Gasteiger partial charge in [0.1, 0.15) is 5.75 Å². The summed E-state index contributed by atoms with van der Waals surface area (Å²) < 4.78 is 0. The molecule has 0 spiro atoms. The zero-order valence-electron chi connectivity index (χ0n) is 12.8. The van der Waals surface area contributed by atoms with Crippen molar-refractivity contribution in [2.24, 2.45) is 0 Å². The highest BCUT2D eigenvalue weighted by Gasteiger charge is 2.10. The summed E-state index contributed by atoms with van der Waals surface area (Å²) >= 11 is 0. The molecule has 2 aromatic rings. The van der Waals surface area contributed by atoms with Crippen LogP contribution in [0.4, 0.5) is 5.69 Å². The summed E-state index contributed by atoms with van der Waals surface area (Å²) in [7, 11) is 0. The van der Waals surface area contributed by atoms with E-state index >= 15 is 0 Å². The number of nitrogen functional groups attached to an aromatic ring is 1. The fourth-order valence-corrected chi connectivity index (χ4v) is 2.27. The van der Waals surface area contributed by atoms with E-state index in [0.717, 1.165) is 39.1 Å². The third-order valence-corrected chi connectivity index (χ3v) is 3.46. The first-order chi connectivity index (χ1) is 9.88. The second kappa shape index (κ2) is 5.88. The van der Waals surface area contributed by atoms with Gasteiger partial charge >= 0.3 is 0 Å². The smallest absolute Gasteiger partial charge is 0.119 e. The van der Waals surface area contributed by atoms with Gasteiger partial charge in [-0.05, 0) is 66.8 Å². The molecule has 0 amide bonds. The van der Waals surface area contributed by atoms with E-state index in [2.05, 4.69) is 13.5 Å². The predicted octanol–water partition coefficient (Wildman–Crippen LogP) is 4.60. The highest BCUT2D eigenvalue weighted by Crippen LogP contribution is 2.31. The topological polar surface area (TPSA) is 46.2 Å². The van der Waals surface area contributed by atoms with Crippen molar-refractivity contribution in [1.29, 1.82) is 0 Å². The number of aryl methyl sites for hydroxylation is 2. The van der Waals surface area contributed by atoms with Gasteiger partial charge in [0.2, 0.25) is 0 Å². The first kappa shape index (κ1) is 14.9. The maximum Gasteiger partial charge on any atom is 0.119 e. The van der Waals surface area contributed by atoms with E-state index < -0.39 is 0 Å². The van der Waals surface area contributed by atoms with Crippen molar-refractivity contribution in [1.82, 2.24) is 0 Å². The van der Waals surface area contributed by atoms with Crippen LogP contribution >= 0.6 is 0 Å². The van der Waals surface area contributed by atoms with Gasteiger partial charge in [-0.3, -0.25) is 0 Å². The molecular weight excluding hydrogens is 258 g/mol. The number of aromatic hydroxyl groups is 1. The summed E-state index contributed by atoms with van der Waals surface area (Å²) in [5.74, 6) is 0.293. The van der Waals surface area contributed by atoms with Crippen molar-refractivity contribution in [3.8, 4) is 5.75 Å². The highest BCUT2D eigenvalue weighted by atomic mass is 16.3. The second-order valence-corrected chi connectivity index (χ2v) is 5.48. The summed E-state index contributed by atoms with van der Waals surface area (Å²) in [6.07, 6.45) is 2.02. The van der Waals surface area contributed by atoms with Crippen LogP contribution in [0.2, 0.25) is 0 Å². The van der Waals surface area contributed by atoms with Crippen molar-refractivity contribution < 1.29 is 5.11 Å². The standard InChI is InChI=1S/C19H21NO/c1-12(2)9-18(15-7-5-14(4)19(21)10-15)17-11-16(20)8-6-13(17)3/h5-11,21H,1,20H2,2-4H3. The van der Waals surface area contributed by atoms with Crippen LogP contribution in [0.25, 0.3) is 5.57 Å². The van der Waals surface area contributed by atoms with Gasteiger partial charge in [0.15, 0.2) is 0 Å². The van der Waals surface area contributed by atoms with Gasteiger partial charge < -0.3 is 10.8 Å². The molecule has 21 heavy (non-hydrogen) atoms. The largest absolute Gasteiger partial charge is 0.508 e. The van der Waals surface area contributed by atoms with Crippen LogP contribution in [0, 0.1) is 13.8 Å². The average molecular weight is 279 g/mol. The maximum atomic E-state index is 9.98. The predicted molar refractivity (Wildman–Crippen MR) is 90.3 cm³/mol. The Morgan fingerprint density at radius 1 is 1.10 bits per heavy atom. The maximum absolute atomic E-state index is 9.98. The molecule has 0 aromatic heterocycles. The van der Waals surface area contributed by atoms with Crippen LogP contribution in [0.15, 0.2) is 54.6 Å². The number of nitrogens with two attached hydrogens (primary N) is 1. The van der Waals surface area contributed by atoms with E-state index in [1.54, 1.807) is 6.07 Å². The van der Waals surface area contributed by atoms with Crippen molar-refractivity contribution in [2.45, 2.75) is 20.8 Å². The van der Waals surface area contributed by atoms with Crippen LogP contribution < -0.4 is 5.73 Å². The Hall–Kier alpha value is -2.48. The zero-order chi connectivity index (χ0) is 15.6. The molecule has 0 fully saturated rings. The lowest BCUT2D eigenvalue weighted by molar-refractivity contribution is 0.471. The second-order valence-electron chi connectivity index (χ2n) is 5.48. The minimum Gasteiger partial charge on any atom is -0.508 e. The normalized spacial score (nSPS) is 11.5. The Balaban J connectivity index is 2.66. The molecule has 0 aliphatic carbocycles. The summed E-state index contributed by atoms with van der Waals surface area (Å²) in [6, 6.07) is 11.6. The van der Waals surface area contributed by atoms with E-state index in [4.69, 9.17) is 5.73 Å². The molecule has 2 heteroatoms. The van der Waals surface area contributed by atoms with Crippen LogP contribution in [-0.2, 0) is 0 Å². The monoisotopic (exact) mass is 279 g/mol. The van der Waals surface area contributed by atoms with Gasteiger partial charge in [0.25, 0.3) is 0 Å². The summed E-state index contributed by atoms with van der Waals surface area (Å²) in [5.41, 5.74) is 12.6. The lowest BCUT2D eigenvalue weighted by Gasteiger charge is -2.14. The first-order valence-electron chi connectivity index (χ1n) is 6.92. The van der Waals surface area contributed by atoms with Crippen LogP contribution in [0.1, 0.15) is 29.2 Å². The molecule has 0 radical (unpaired) electrons. The number of anilines is 1. The van der Waals surface area contributed by atoms with E-state index in [1.165, 1.54) is 0 Å². The zero-order valence-corrected chi connectivity index (χ0v) is 12.8. The summed E-state index contributed by atoms with van der Waals surface area (Å²) in [6.45, 7) is 9.85. The van der Waals surface area contributed by atoms with Gasteiger partial charge in [0, 0.05) is 5.69 Å². The molecule has 0 saturated carbocycles. The SMILES string of the molecule is C=C(C)C=C(c1ccc(C)c(O)c1)c1cc(N)ccc1C. The van der Waals surface area contributed by atoms with E-state index in [0.29, 0.717) is 5.75 Å². The van der Waals surface area contributed by atoms with Crippen LogP contribution in [0.3, 0.4) is 0 Å². The molecule has 3 N–H and O–H groups in total. The molecule has 0 aliphatic heterocycles. The van der Waals surface area contributed by atoms with Gasteiger partial charge in [-0.15, -0.1) is 0 Å². The lowest BCUT2D eigenvalue weighted by Crippen LogP contribution is -1.95. The number of phenols is 1. The van der Waals surface area contributed by atoms with E-state index in [1.807, 2.05) is 50.3 Å². The minimum atomic E-state index is 0.293. The van der Waals surface area contributed by atoms with E-state index in [-0.39, 0.29) is 0 Å². The van der Waals surface area contributed by atoms with E-state index in [9.17, 15) is 5.11 Å². The van der Waals surface area contributed by atoms with Gasteiger partial charge in [-0.2, -0.15) is 0 Å². The fourth-order valence-electron chi connectivity index (χ4n) is 2.27. The molecule has 0 aliphatic rings. The van der Waals surface area contributed by atoms with Gasteiger partial charge in [0.05, 0.1) is 0 Å². The molecule has 2 rings (SSSR count). The highest BCUT2D eigenvalue weighted by molar-refractivity contribution is 5.84. The Kier molecular flexibility index (Phi) is 4.18. The molecule has 0 unspecified atom stereocenters. The lowest BCUT2D eigenvalue weighted by atomic mass is 9.92. The van der Waals surface area contributed by atoms with Crippen molar-refractivity contribution in [3.63, 3.8) is 0 Å². The number of hydrogen-bond acceptors (Lipinski definition) is 2. The van der Waals surface area contributed by atoms with Crippen LogP contribution in [-0.4, -0.2) is 5.11 Å². The number of phenolic OH excluding ortho intramolecular Hbond substituents is 1. The Labute approximate surface area is 126 Å². The fraction of sp³-hybridized carbons (Fsp3) is 0.158. The Morgan fingerprint density at radius 2 is 1.76 bits per heavy atom. The first-order valence-corrected chi connectivity index (χ1v) is 6.92. The molecule has 0 bridgehead atoms. The summed E-state index contributed by atoms with van der Waals surface area (Å²) in [5, 5.41) is 9.98. The molecule has 2 nitrogen and oxygen atoms in total. The third-order valence-electron chi connectivity index (χ3n) is 3.46. The third kappa shape index (κ3) is 3.34. The van der Waals surface area contributed by atoms with Gasteiger partial charge in [-0.25, -0.2) is 0 Å². The Morgan fingerprint density at radius 3 is 2.38 bits per heavy atom. The van der Waals surface area contributed by atoms with Crippen LogP contribution in [0.5, 0.6) is 5.75 Å². The number of hydrogen-bond donors (Lipinski definition) is 2. The van der Waals surface area contributed by atoms with Crippen molar-refractivity contribution >= 4 is 11.3 Å². The minimum absolute atomic E-state index is 0.293. The molecular formula is C19H21NO. The van der Waals surface area contributed by atoms with Gasteiger partial charge in [-0.1, -0.05) is 36.4 Å². The number of benzene rings is 2. The molecule has 0 heterocycles. The molecule has 108 valence electrons. The molecule has 0 atom stereocenters. The number of allylic oxidation sites excluding steroid dienone is 2. The summed E-state index contributed by atoms with van der Waals surface area (Å²) in [4.78, 5) is 0. The van der Waals surface area contributed by atoms with Crippen molar-refractivity contribution in [3.05, 3.63) is 76.9 Å². The average Bonchev–Trinajstić information content (AvgIpc) is 2.42. The molecule has 0 saturated heterocycles. The number of rotatable bonds is 3. The molecule has 2 aromatic carbocycles.